The van der Waals surface area contributed by atoms with Crippen LogP contribution in [-0.4, -0.2) is 42.1 Å². The first-order valence-electron chi connectivity index (χ1n) is 8.19. The third-order valence-electron chi connectivity index (χ3n) is 4.48. The Kier molecular flexibility index (Phi) is 5.53. The molecule has 7 heteroatoms. The number of anilines is 2. The smallest absolute Gasteiger partial charge is 0.321 e. The molecule has 0 unspecified atom stereocenters. The molecule has 1 aromatic carbocycles. The van der Waals surface area contributed by atoms with Crippen molar-refractivity contribution < 1.29 is 9.18 Å². The summed E-state index contributed by atoms with van der Waals surface area (Å²) < 4.78 is 14.5. The predicted octanol–water partition coefficient (Wildman–Crippen LogP) is 4.12. The van der Waals surface area contributed by atoms with Crippen LogP contribution < -0.4 is 10.2 Å². The minimum absolute atomic E-state index is 0.124. The summed E-state index contributed by atoms with van der Waals surface area (Å²) in [7, 11) is 1.76. The second-order valence-corrected chi connectivity index (χ2v) is 6.99. The van der Waals surface area contributed by atoms with Gasteiger partial charge in [-0.2, -0.15) is 0 Å². The molecule has 1 aliphatic rings. The van der Waals surface area contributed by atoms with E-state index in [0.29, 0.717) is 4.47 Å². The van der Waals surface area contributed by atoms with Crippen molar-refractivity contribution in [2.75, 3.05) is 30.4 Å². The van der Waals surface area contributed by atoms with Gasteiger partial charge in [-0.25, -0.2) is 14.2 Å². The van der Waals surface area contributed by atoms with Gasteiger partial charge in [0.1, 0.15) is 11.6 Å². The molecular formula is C18H20BrFN4O. The van der Waals surface area contributed by atoms with Crippen LogP contribution in [0.4, 0.5) is 20.7 Å². The van der Waals surface area contributed by atoms with Crippen molar-refractivity contribution in [2.45, 2.75) is 18.9 Å². The number of urea groups is 1. The largest absolute Gasteiger partial charge is 0.356 e. The predicted molar refractivity (Wildman–Crippen MR) is 100 cm³/mol. The average Bonchev–Trinajstić information content (AvgIpc) is 2.64. The molecule has 1 aromatic heterocycles. The standard InChI is InChI=1S/C18H20BrFN4O/c1-23(18(25)22-16-6-5-13(19)12-15(16)20)14-7-10-24(11-8-14)17-4-2-3-9-21-17/h2-6,9,12,14H,7-8,10-11H2,1H3,(H,22,25). The number of nitrogens with zero attached hydrogens (tertiary/aromatic N) is 3. The summed E-state index contributed by atoms with van der Waals surface area (Å²) in [5.41, 5.74) is 0.186. The lowest BCUT2D eigenvalue weighted by molar-refractivity contribution is 0.193. The Hall–Kier alpha value is -2.15. The Morgan fingerprint density at radius 1 is 1.32 bits per heavy atom. The highest BCUT2D eigenvalue weighted by atomic mass is 79.9. The lowest BCUT2D eigenvalue weighted by atomic mass is 10.0. The number of carbonyl (C=O) groups excluding carboxylic acids is 1. The lowest BCUT2D eigenvalue weighted by Gasteiger charge is -2.37. The molecule has 2 aromatic rings. The van der Waals surface area contributed by atoms with Crippen LogP contribution in [0.25, 0.3) is 0 Å². The van der Waals surface area contributed by atoms with Crippen LogP contribution in [-0.2, 0) is 0 Å². The third-order valence-corrected chi connectivity index (χ3v) is 4.97. The molecule has 132 valence electrons. The Bertz CT molecular complexity index is 735. The van der Waals surface area contributed by atoms with Crippen molar-refractivity contribution in [3.05, 3.63) is 52.9 Å². The fourth-order valence-electron chi connectivity index (χ4n) is 2.98. The lowest BCUT2D eigenvalue weighted by Crippen LogP contribution is -2.47. The molecule has 5 nitrogen and oxygen atoms in total. The van der Waals surface area contributed by atoms with Gasteiger partial charge in [0.05, 0.1) is 5.69 Å². The SMILES string of the molecule is CN(C(=O)Nc1ccc(Br)cc1F)C1CCN(c2ccccn2)CC1. The maximum absolute atomic E-state index is 13.9. The molecule has 3 rings (SSSR count). The van der Waals surface area contributed by atoms with Crippen molar-refractivity contribution in [1.82, 2.24) is 9.88 Å². The quantitative estimate of drug-likeness (QED) is 0.833. The number of nitrogens with one attached hydrogen (secondary N) is 1. The van der Waals surface area contributed by atoms with Crippen molar-refractivity contribution in [1.29, 1.82) is 0 Å². The van der Waals surface area contributed by atoms with Gasteiger partial charge in [-0.3, -0.25) is 0 Å². The van der Waals surface area contributed by atoms with Crippen LogP contribution in [0.1, 0.15) is 12.8 Å². The number of rotatable bonds is 3. The summed E-state index contributed by atoms with van der Waals surface area (Å²) in [6, 6.07) is 10.3. The van der Waals surface area contributed by atoms with E-state index in [-0.39, 0.29) is 17.8 Å². The fourth-order valence-corrected chi connectivity index (χ4v) is 3.32. The van der Waals surface area contributed by atoms with Gasteiger partial charge < -0.3 is 15.1 Å². The van der Waals surface area contributed by atoms with E-state index >= 15 is 0 Å². The molecule has 1 saturated heterocycles. The molecule has 0 atom stereocenters. The van der Waals surface area contributed by atoms with Crippen molar-refractivity contribution in [2.24, 2.45) is 0 Å². The highest BCUT2D eigenvalue weighted by Crippen LogP contribution is 2.22. The van der Waals surface area contributed by atoms with Gasteiger partial charge in [0.2, 0.25) is 0 Å². The van der Waals surface area contributed by atoms with Gasteiger partial charge >= 0.3 is 6.03 Å². The van der Waals surface area contributed by atoms with Gasteiger partial charge in [-0.05, 0) is 43.2 Å². The van der Waals surface area contributed by atoms with E-state index in [2.05, 4.69) is 31.1 Å². The summed E-state index contributed by atoms with van der Waals surface area (Å²) in [6.07, 6.45) is 3.49. The number of amides is 2. The van der Waals surface area contributed by atoms with E-state index in [0.717, 1.165) is 31.7 Å². The first kappa shape index (κ1) is 17.7. The number of hydrogen-bond donors (Lipinski definition) is 1. The highest BCUT2D eigenvalue weighted by molar-refractivity contribution is 9.10. The maximum Gasteiger partial charge on any atom is 0.321 e. The first-order valence-corrected chi connectivity index (χ1v) is 8.99. The van der Waals surface area contributed by atoms with Crippen LogP contribution in [0.3, 0.4) is 0 Å². The van der Waals surface area contributed by atoms with Crippen LogP contribution in [0.2, 0.25) is 0 Å². The number of carbonyl (C=O) groups is 1. The van der Waals surface area contributed by atoms with Crippen LogP contribution in [0, 0.1) is 5.82 Å². The molecule has 1 N–H and O–H groups in total. The average molecular weight is 407 g/mol. The molecule has 0 spiro atoms. The molecule has 0 saturated carbocycles. The Labute approximate surface area is 155 Å². The number of hydrogen-bond acceptors (Lipinski definition) is 3. The third kappa shape index (κ3) is 4.28. The van der Waals surface area contributed by atoms with Crippen LogP contribution in [0.15, 0.2) is 47.1 Å². The Morgan fingerprint density at radius 3 is 2.72 bits per heavy atom. The fraction of sp³-hybridized carbons (Fsp3) is 0.333. The monoisotopic (exact) mass is 406 g/mol. The van der Waals surface area contributed by atoms with Crippen molar-refractivity contribution in [3.8, 4) is 0 Å². The summed E-state index contributed by atoms with van der Waals surface area (Å²) >= 11 is 3.21. The molecule has 0 bridgehead atoms. The van der Waals surface area contributed by atoms with Crippen LogP contribution >= 0.6 is 15.9 Å². The molecule has 2 heterocycles. The van der Waals surface area contributed by atoms with Gasteiger partial charge in [0.15, 0.2) is 0 Å². The second kappa shape index (κ2) is 7.82. The molecule has 0 radical (unpaired) electrons. The number of piperidine rings is 1. The number of pyridine rings is 1. The van der Waals surface area contributed by atoms with E-state index in [1.807, 2.05) is 18.2 Å². The molecular weight excluding hydrogens is 387 g/mol. The Morgan fingerprint density at radius 2 is 2.08 bits per heavy atom. The topological polar surface area (TPSA) is 48.5 Å². The highest BCUT2D eigenvalue weighted by Gasteiger charge is 2.26. The molecule has 25 heavy (non-hydrogen) atoms. The van der Waals surface area contributed by atoms with E-state index in [9.17, 15) is 9.18 Å². The number of halogens is 2. The van der Waals surface area contributed by atoms with Gasteiger partial charge in [0.25, 0.3) is 0 Å². The minimum Gasteiger partial charge on any atom is -0.356 e. The Balaban J connectivity index is 1.56. The van der Waals surface area contributed by atoms with E-state index < -0.39 is 5.82 Å². The zero-order valence-corrected chi connectivity index (χ0v) is 15.5. The summed E-state index contributed by atoms with van der Waals surface area (Å²) in [4.78, 5) is 20.7. The minimum atomic E-state index is -0.457. The zero-order chi connectivity index (χ0) is 17.8. The maximum atomic E-state index is 13.9. The van der Waals surface area contributed by atoms with E-state index in [4.69, 9.17) is 0 Å². The summed E-state index contributed by atoms with van der Waals surface area (Å²) in [5.74, 6) is 0.506. The number of benzene rings is 1. The van der Waals surface area contributed by atoms with Gasteiger partial charge in [-0.15, -0.1) is 0 Å². The molecule has 1 aliphatic heterocycles. The second-order valence-electron chi connectivity index (χ2n) is 6.07. The number of aromatic nitrogens is 1. The van der Waals surface area contributed by atoms with Crippen molar-refractivity contribution in [3.63, 3.8) is 0 Å². The van der Waals surface area contributed by atoms with E-state index in [1.165, 1.54) is 6.07 Å². The molecule has 1 fully saturated rings. The van der Waals surface area contributed by atoms with Gasteiger partial charge in [0, 0.05) is 36.8 Å². The molecule has 2 amide bonds. The molecule has 0 aliphatic carbocycles. The van der Waals surface area contributed by atoms with Gasteiger partial charge in [-0.1, -0.05) is 22.0 Å². The summed E-state index contributed by atoms with van der Waals surface area (Å²) in [5, 5.41) is 2.64. The van der Waals surface area contributed by atoms with Crippen molar-refractivity contribution >= 4 is 33.5 Å². The van der Waals surface area contributed by atoms with E-state index in [1.54, 1.807) is 30.3 Å². The zero-order valence-electron chi connectivity index (χ0n) is 14.0. The summed E-state index contributed by atoms with van der Waals surface area (Å²) in [6.45, 7) is 1.68. The first-order chi connectivity index (χ1) is 12.0. The van der Waals surface area contributed by atoms with Crippen LogP contribution in [0.5, 0.6) is 0 Å². The normalized spacial score (nSPS) is 15.1.